The van der Waals surface area contributed by atoms with Crippen molar-refractivity contribution in [3.05, 3.63) is 34.6 Å². The minimum absolute atomic E-state index is 0.0569. The summed E-state index contributed by atoms with van der Waals surface area (Å²) in [5, 5.41) is 0.329. The molecule has 0 N–H and O–H groups in total. The largest absolute Gasteiger partial charge is 0.297 e. The van der Waals surface area contributed by atoms with E-state index in [-0.39, 0.29) is 5.78 Å². The number of halogens is 2. The van der Waals surface area contributed by atoms with Crippen LogP contribution >= 0.6 is 11.6 Å². The fourth-order valence-electron chi connectivity index (χ4n) is 3.26. The fourth-order valence-corrected chi connectivity index (χ4v) is 3.46. The van der Waals surface area contributed by atoms with Crippen LogP contribution in [0.5, 0.6) is 0 Å². The van der Waals surface area contributed by atoms with Crippen molar-refractivity contribution in [1.82, 2.24) is 4.90 Å². The van der Waals surface area contributed by atoms with Crippen molar-refractivity contribution in [3.8, 4) is 0 Å². The molecule has 1 aliphatic rings. The minimum Gasteiger partial charge on any atom is -0.297 e. The molecule has 2 rings (SSSR count). The topological polar surface area (TPSA) is 20.3 Å². The third kappa shape index (κ3) is 2.75. The Morgan fingerprint density at radius 2 is 2.15 bits per heavy atom. The zero-order valence-electron chi connectivity index (χ0n) is 12.2. The van der Waals surface area contributed by atoms with Gasteiger partial charge >= 0.3 is 0 Å². The first-order chi connectivity index (χ1) is 9.36. The van der Waals surface area contributed by atoms with Gasteiger partial charge in [0.05, 0.1) is 10.6 Å². The van der Waals surface area contributed by atoms with Crippen LogP contribution in [0.25, 0.3) is 0 Å². The molecule has 0 saturated heterocycles. The van der Waals surface area contributed by atoms with Gasteiger partial charge in [0.2, 0.25) is 0 Å². The monoisotopic (exact) mass is 297 g/mol. The van der Waals surface area contributed by atoms with Crippen LogP contribution in [0.1, 0.15) is 43.0 Å². The zero-order chi connectivity index (χ0) is 14.9. The van der Waals surface area contributed by atoms with Crippen LogP contribution in [0.15, 0.2) is 18.2 Å². The standard InChI is InChI=1S/C16H21ClFNO/c1-11-5-4-8-16(10-11,19(2)3)15(20)13-9-12(18)6-7-14(13)17/h6-7,9,11H,4-5,8,10H2,1-3H3. The van der Waals surface area contributed by atoms with Gasteiger partial charge in [0.25, 0.3) is 0 Å². The van der Waals surface area contributed by atoms with Gasteiger partial charge in [-0.05, 0) is 51.1 Å². The number of carbonyl (C=O) groups is 1. The number of hydrogen-bond donors (Lipinski definition) is 0. The van der Waals surface area contributed by atoms with Crippen molar-refractivity contribution in [3.63, 3.8) is 0 Å². The summed E-state index contributed by atoms with van der Waals surface area (Å²) in [6, 6.07) is 4.00. The van der Waals surface area contributed by atoms with E-state index in [1.807, 2.05) is 19.0 Å². The number of Topliss-reactive ketones (excluding diaryl/α,β-unsaturated/α-hetero) is 1. The van der Waals surface area contributed by atoms with Crippen LogP contribution in [0.2, 0.25) is 5.02 Å². The number of hydrogen-bond acceptors (Lipinski definition) is 2. The molecule has 2 nitrogen and oxygen atoms in total. The molecule has 110 valence electrons. The lowest BCUT2D eigenvalue weighted by atomic mass is 9.71. The first-order valence-corrected chi connectivity index (χ1v) is 7.42. The SMILES string of the molecule is CC1CCCC(C(=O)c2cc(F)ccc2Cl)(N(C)C)C1. The quantitative estimate of drug-likeness (QED) is 0.780. The molecule has 1 saturated carbocycles. The third-order valence-corrected chi connectivity index (χ3v) is 4.75. The van der Waals surface area contributed by atoms with E-state index in [0.29, 0.717) is 16.5 Å². The molecule has 20 heavy (non-hydrogen) atoms. The fraction of sp³-hybridized carbons (Fsp3) is 0.562. The third-order valence-electron chi connectivity index (χ3n) is 4.43. The summed E-state index contributed by atoms with van der Waals surface area (Å²) < 4.78 is 13.5. The maximum Gasteiger partial charge on any atom is 0.184 e. The summed E-state index contributed by atoms with van der Waals surface area (Å²) in [4.78, 5) is 15.0. The summed E-state index contributed by atoms with van der Waals surface area (Å²) in [7, 11) is 3.84. The van der Waals surface area contributed by atoms with E-state index in [2.05, 4.69) is 6.92 Å². The van der Waals surface area contributed by atoms with Crippen molar-refractivity contribution in [2.24, 2.45) is 5.92 Å². The molecule has 0 bridgehead atoms. The average Bonchev–Trinajstić information content (AvgIpc) is 2.40. The molecule has 0 aliphatic heterocycles. The van der Waals surface area contributed by atoms with Gasteiger partial charge in [-0.25, -0.2) is 4.39 Å². The molecule has 2 atom stereocenters. The number of carbonyl (C=O) groups excluding carboxylic acids is 1. The lowest BCUT2D eigenvalue weighted by Crippen LogP contribution is -2.53. The van der Waals surface area contributed by atoms with Gasteiger partial charge in [-0.15, -0.1) is 0 Å². The molecular weight excluding hydrogens is 277 g/mol. The Morgan fingerprint density at radius 1 is 1.45 bits per heavy atom. The second-order valence-corrected chi connectivity index (χ2v) is 6.49. The number of nitrogens with zero attached hydrogens (tertiary/aromatic N) is 1. The van der Waals surface area contributed by atoms with E-state index >= 15 is 0 Å². The van der Waals surface area contributed by atoms with E-state index in [1.54, 1.807) is 0 Å². The minimum atomic E-state index is -0.560. The number of benzene rings is 1. The first-order valence-electron chi connectivity index (χ1n) is 7.04. The van der Waals surface area contributed by atoms with E-state index in [0.717, 1.165) is 25.7 Å². The predicted octanol–water partition coefficient (Wildman–Crippen LogP) is 4.17. The Hall–Kier alpha value is -0.930. The van der Waals surface area contributed by atoms with E-state index in [1.165, 1.54) is 18.2 Å². The Kier molecular flexibility index (Phi) is 4.50. The highest BCUT2D eigenvalue weighted by Gasteiger charge is 2.44. The summed E-state index contributed by atoms with van der Waals surface area (Å²) in [5.41, 5.74) is -0.260. The van der Waals surface area contributed by atoms with E-state index < -0.39 is 11.4 Å². The van der Waals surface area contributed by atoms with Crippen molar-refractivity contribution in [2.45, 2.75) is 38.1 Å². The van der Waals surface area contributed by atoms with Gasteiger partial charge < -0.3 is 0 Å². The van der Waals surface area contributed by atoms with Crippen LogP contribution in [-0.4, -0.2) is 30.3 Å². The maximum absolute atomic E-state index is 13.5. The molecule has 2 unspecified atom stereocenters. The Bertz CT molecular complexity index is 517. The normalized spacial score (nSPS) is 26.8. The van der Waals surface area contributed by atoms with Crippen molar-refractivity contribution in [1.29, 1.82) is 0 Å². The highest BCUT2D eigenvalue weighted by molar-refractivity contribution is 6.34. The summed E-state index contributed by atoms with van der Waals surface area (Å²) in [6.07, 6.45) is 3.75. The smallest absolute Gasteiger partial charge is 0.184 e. The molecule has 0 amide bonds. The van der Waals surface area contributed by atoms with Gasteiger partial charge in [-0.2, -0.15) is 0 Å². The zero-order valence-corrected chi connectivity index (χ0v) is 13.0. The van der Waals surface area contributed by atoms with Gasteiger partial charge in [0, 0.05) is 5.56 Å². The second-order valence-electron chi connectivity index (χ2n) is 6.08. The molecule has 4 heteroatoms. The number of likely N-dealkylation sites (N-methyl/N-ethyl adjacent to an activating group) is 1. The van der Waals surface area contributed by atoms with E-state index in [9.17, 15) is 9.18 Å². The highest BCUT2D eigenvalue weighted by Crippen LogP contribution is 2.39. The predicted molar refractivity (Wildman–Crippen MR) is 79.8 cm³/mol. The van der Waals surface area contributed by atoms with Crippen LogP contribution in [0.3, 0.4) is 0 Å². The number of rotatable bonds is 3. The van der Waals surface area contributed by atoms with Crippen LogP contribution < -0.4 is 0 Å². The molecule has 0 heterocycles. The van der Waals surface area contributed by atoms with Gasteiger partial charge in [-0.3, -0.25) is 9.69 Å². The van der Waals surface area contributed by atoms with Crippen LogP contribution in [0, 0.1) is 11.7 Å². The van der Waals surface area contributed by atoms with E-state index in [4.69, 9.17) is 11.6 Å². The Morgan fingerprint density at radius 3 is 2.75 bits per heavy atom. The summed E-state index contributed by atoms with van der Waals surface area (Å²) in [5.74, 6) is 0.0106. The lowest BCUT2D eigenvalue weighted by molar-refractivity contribution is 0.0486. The van der Waals surface area contributed by atoms with Crippen LogP contribution in [-0.2, 0) is 0 Å². The maximum atomic E-state index is 13.5. The van der Waals surface area contributed by atoms with Crippen LogP contribution in [0.4, 0.5) is 4.39 Å². The average molecular weight is 298 g/mol. The molecule has 1 aromatic rings. The molecule has 0 radical (unpaired) electrons. The van der Waals surface area contributed by atoms with Gasteiger partial charge in [-0.1, -0.05) is 31.4 Å². The molecule has 1 aliphatic carbocycles. The second kappa shape index (κ2) is 5.82. The highest BCUT2D eigenvalue weighted by atomic mass is 35.5. The van der Waals surface area contributed by atoms with Crippen molar-refractivity contribution >= 4 is 17.4 Å². The summed E-state index contributed by atoms with van der Waals surface area (Å²) in [6.45, 7) is 2.16. The summed E-state index contributed by atoms with van der Waals surface area (Å²) >= 11 is 6.11. The van der Waals surface area contributed by atoms with Gasteiger partial charge in [0.1, 0.15) is 5.82 Å². The molecule has 1 aromatic carbocycles. The Labute approximate surface area is 124 Å². The molecular formula is C16H21ClFNO. The molecule has 1 fully saturated rings. The molecule has 0 aromatic heterocycles. The first kappa shape index (κ1) is 15.5. The van der Waals surface area contributed by atoms with Crippen molar-refractivity contribution < 1.29 is 9.18 Å². The number of ketones is 1. The van der Waals surface area contributed by atoms with Crippen molar-refractivity contribution in [2.75, 3.05) is 14.1 Å². The van der Waals surface area contributed by atoms with Gasteiger partial charge in [0.15, 0.2) is 5.78 Å². The lowest BCUT2D eigenvalue weighted by Gasteiger charge is -2.44. The Balaban J connectivity index is 2.44. The molecule has 0 spiro atoms.